The number of hydrogen-bond donors (Lipinski definition) is 1. The molecule has 0 radical (unpaired) electrons. The third-order valence-electron chi connectivity index (χ3n) is 2.93. The molecule has 1 fully saturated rings. The van der Waals surface area contributed by atoms with Crippen molar-refractivity contribution in [3.8, 4) is 0 Å². The molecule has 2 rings (SSSR count). The zero-order valence-corrected chi connectivity index (χ0v) is 11.9. The minimum absolute atomic E-state index is 0.108. The summed E-state index contributed by atoms with van der Waals surface area (Å²) >= 11 is 3.73. The van der Waals surface area contributed by atoms with Crippen molar-refractivity contribution in [2.75, 3.05) is 23.8 Å². The molecule has 1 aliphatic heterocycles. The van der Waals surface area contributed by atoms with Gasteiger partial charge in [-0.2, -0.15) is 23.5 Å². The van der Waals surface area contributed by atoms with Gasteiger partial charge in [-0.15, -0.1) is 0 Å². The number of thioether (sulfide) groups is 2. The van der Waals surface area contributed by atoms with Crippen LogP contribution in [-0.2, 0) is 0 Å². The highest BCUT2D eigenvalue weighted by Gasteiger charge is 2.27. The van der Waals surface area contributed by atoms with Gasteiger partial charge in [0.2, 0.25) is 0 Å². The second-order valence-corrected chi connectivity index (χ2v) is 6.68. The summed E-state index contributed by atoms with van der Waals surface area (Å²) in [5.41, 5.74) is 0.455. The van der Waals surface area contributed by atoms with Crippen molar-refractivity contribution < 1.29 is 8.78 Å². The van der Waals surface area contributed by atoms with Crippen LogP contribution >= 0.6 is 23.5 Å². The Morgan fingerprint density at radius 2 is 2.22 bits per heavy atom. The Labute approximate surface area is 115 Å². The third kappa shape index (κ3) is 3.39. The summed E-state index contributed by atoms with van der Waals surface area (Å²) < 4.78 is 27.2. The van der Waals surface area contributed by atoms with E-state index in [1.807, 2.05) is 30.4 Å². The Bertz CT molecular complexity index is 395. The van der Waals surface area contributed by atoms with Crippen LogP contribution in [0.25, 0.3) is 0 Å². The highest BCUT2D eigenvalue weighted by atomic mass is 32.2. The first kappa shape index (κ1) is 14.2. The van der Waals surface area contributed by atoms with Crippen LogP contribution < -0.4 is 5.32 Å². The Morgan fingerprint density at radius 1 is 1.39 bits per heavy atom. The summed E-state index contributed by atoms with van der Waals surface area (Å²) in [6, 6.07) is 3.60. The van der Waals surface area contributed by atoms with Gasteiger partial charge in [-0.1, -0.05) is 6.92 Å². The number of halogens is 2. The van der Waals surface area contributed by atoms with Crippen molar-refractivity contribution in [3.05, 3.63) is 35.4 Å². The zero-order chi connectivity index (χ0) is 13.0. The third-order valence-corrected chi connectivity index (χ3v) is 5.79. The van der Waals surface area contributed by atoms with E-state index in [1.165, 1.54) is 18.2 Å². The van der Waals surface area contributed by atoms with Gasteiger partial charge in [0.1, 0.15) is 11.6 Å². The Balaban J connectivity index is 2.24. The molecule has 1 N–H and O–H groups in total. The molecule has 18 heavy (non-hydrogen) atoms. The maximum atomic E-state index is 13.9. The van der Waals surface area contributed by atoms with E-state index in [1.54, 1.807) is 0 Å². The molecule has 1 aromatic carbocycles. The minimum Gasteiger partial charge on any atom is -0.309 e. The van der Waals surface area contributed by atoms with Gasteiger partial charge in [0.15, 0.2) is 0 Å². The zero-order valence-electron chi connectivity index (χ0n) is 10.3. The van der Waals surface area contributed by atoms with Crippen molar-refractivity contribution in [3.63, 3.8) is 0 Å². The normalized spacial score (nSPS) is 21.8. The van der Waals surface area contributed by atoms with Crippen molar-refractivity contribution in [2.45, 2.75) is 18.2 Å². The predicted octanol–water partition coefficient (Wildman–Crippen LogP) is 3.46. The smallest absolute Gasteiger partial charge is 0.128 e. The lowest BCUT2D eigenvalue weighted by molar-refractivity contribution is 0.503. The average Bonchev–Trinajstić information content (AvgIpc) is 2.40. The minimum atomic E-state index is -0.372. The molecule has 2 unspecified atom stereocenters. The SMILES string of the molecule is CCNC(c1cc(F)ccc1F)C1CSCCS1. The molecule has 1 saturated heterocycles. The predicted molar refractivity (Wildman–Crippen MR) is 76.3 cm³/mol. The summed E-state index contributed by atoms with van der Waals surface area (Å²) in [5, 5.41) is 3.60. The highest BCUT2D eigenvalue weighted by Crippen LogP contribution is 2.34. The van der Waals surface area contributed by atoms with Gasteiger partial charge in [0.05, 0.1) is 0 Å². The van der Waals surface area contributed by atoms with E-state index in [0.29, 0.717) is 10.8 Å². The molecule has 5 heteroatoms. The van der Waals surface area contributed by atoms with E-state index < -0.39 is 0 Å². The van der Waals surface area contributed by atoms with E-state index in [0.717, 1.165) is 23.8 Å². The molecule has 2 atom stereocenters. The average molecular weight is 289 g/mol. The van der Waals surface area contributed by atoms with Crippen molar-refractivity contribution >= 4 is 23.5 Å². The molecule has 0 amide bonds. The van der Waals surface area contributed by atoms with Crippen molar-refractivity contribution in [1.29, 1.82) is 0 Å². The monoisotopic (exact) mass is 289 g/mol. The molecule has 0 saturated carbocycles. The standard InChI is InChI=1S/C13H17F2NS2/c1-2-16-13(12-8-17-5-6-18-12)10-7-9(14)3-4-11(10)15/h3-4,7,12-13,16H,2,5-6,8H2,1H3. The molecule has 1 aromatic rings. The van der Waals surface area contributed by atoms with Crippen LogP contribution in [0, 0.1) is 11.6 Å². The Hall–Kier alpha value is -0.260. The van der Waals surface area contributed by atoms with Crippen molar-refractivity contribution in [2.24, 2.45) is 0 Å². The van der Waals surface area contributed by atoms with E-state index in [-0.39, 0.29) is 17.7 Å². The van der Waals surface area contributed by atoms with E-state index in [4.69, 9.17) is 0 Å². The highest BCUT2D eigenvalue weighted by molar-refractivity contribution is 8.06. The molecular formula is C13H17F2NS2. The van der Waals surface area contributed by atoms with Crippen LogP contribution in [0.15, 0.2) is 18.2 Å². The van der Waals surface area contributed by atoms with Crippen molar-refractivity contribution in [1.82, 2.24) is 5.32 Å². The van der Waals surface area contributed by atoms with Gasteiger partial charge in [0.25, 0.3) is 0 Å². The quantitative estimate of drug-likeness (QED) is 0.911. The van der Waals surface area contributed by atoms with Gasteiger partial charge in [0, 0.05) is 34.1 Å². The van der Waals surface area contributed by atoms with Crippen LogP contribution in [0.2, 0.25) is 0 Å². The topological polar surface area (TPSA) is 12.0 Å². The second-order valence-electron chi connectivity index (χ2n) is 4.19. The largest absolute Gasteiger partial charge is 0.309 e. The summed E-state index contributed by atoms with van der Waals surface area (Å²) in [6.45, 7) is 2.74. The fourth-order valence-electron chi connectivity index (χ4n) is 2.11. The number of hydrogen-bond acceptors (Lipinski definition) is 3. The lowest BCUT2D eigenvalue weighted by Crippen LogP contribution is -2.34. The molecule has 1 heterocycles. The van der Waals surface area contributed by atoms with Crippen LogP contribution in [-0.4, -0.2) is 29.1 Å². The Morgan fingerprint density at radius 3 is 2.89 bits per heavy atom. The Kier molecular flexibility index (Phi) is 5.33. The van der Waals surface area contributed by atoms with Crippen LogP contribution in [0.5, 0.6) is 0 Å². The summed E-state index contributed by atoms with van der Waals surface area (Å²) in [7, 11) is 0. The lowest BCUT2D eigenvalue weighted by Gasteiger charge is -2.30. The maximum Gasteiger partial charge on any atom is 0.128 e. The van der Waals surface area contributed by atoms with E-state index >= 15 is 0 Å². The van der Waals surface area contributed by atoms with Crippen LogP contribution in [0.4, 0.5) is 8.78 Å². The first-order valence-corrected chi connectivity index (χ1v) is 8.30. The molecule has 0 bridgehead atoms. The fraction of sp³-hybridized carbons (Fsp3) is 0.538. The molecule has 1 nitrogen and oxygen atoms in total. The number of rotatable bonds is 4. The van der Waals surface area contributed by atoms with Gasteiger partial charge in [-0.3, -0.25) is 0 Å². The lowest BCUT2D eigenvalue weighted by atomic mass is 10.0. The maximum absolute atomic E-state index is 13.9. The van der Waals surface area contributed by atoms with Gasteiger partial charge in [-0.25, -0.2) is 8.78 Å². The number of benzene rings is 1. The molecule has 0 aromatic heterocycles. The van der Waals surface area contributed by atoms with Gasteiger partial charge < -0.3 is 5.32 Å². The first-order valence-electron chi connectivity index (χ1n) is 6.10. The fourth-order valence-corrected chi connectivity index (χ4v) is 4.97. The van der Waals surface area contributed by atoms with Crippen LogP contribution in [0.1, 0.15) is 18.5 Å². The van der Waals surface area contributed by atoms with Gasteiger partial charge >= 0.3 is 0 Å². The van der Waals surface area contributed by atoms with E-state index in [9.17, 15) is 8.78 Å². The molecular weight excluding hydrogens is 272 g/mol. The summed E-state index contributed by atoms with van der Waals surface area (Å²) in [6.07, 6.45) is 0. The molecule has 100 valence electrons. The molecule has 0 aliphatic carbocycles. The molecule has 0 spiro atoms. The summed E-state index contributed by atoms with van der Waals surface area (Å²) in [4.78, 5) is 0. The van der Waals surface area contributed by atoms with Gasteiger partial charge in [-0.05, 0) is 24.7 Å². The first-order chi connectivity index (χ1) is 8.72. The number of nitrogens with one attached hydrogen (secondary N) is 1. The van der Waals surface area contributed by atoms with Crippen LogP contribution in [0.3, 0.4) is 0 Å². The second kappa shape index (κ2) is 6.78. The summed E-state index contributed by atoms with van der Waals surface area (Å²) in [5.74, 6) is 2.51. The van der Waals surface area contributed by atoms with E-state index in [2.05, 4.69) is 5.32 Å². The molecule has 1 aliphatic rings.